The van der Waals surface area contributed by atoms with Crippen molar-refractivity contribution in [2.24, 2.45) is 0 Å². The highest BCUT2D eigenvalue weighted by Gasteiger charge is 2.18. The Labute approximate surface area is 94.1 Å². The fourth-order valence-corrected chi connectivity index (χ4v) is 2.39. The number of piperidine rings is 1. The molecule has 0 amide bonds. The van der Waals surface area contributed by atoms with Gasteiger partial charge in [0.15, 0.2) is 5.78 Å². The molecule has 82 valence electrons. The quantitative estimate of drug-likeness (QED) is 0.791. The van der Waals surface area contributed by atoms with Gasteiger partial charge in [0.05, 0.1) is 6.54 Å². The van der Waals surface area contributed by atoms with Crippen LogP contribution in [0.15, 0.2) is 30.5 Å². The first-order valence-corrected chi connectivity index (χ1v) is 5.67. The van der Waals surface area contributed by atoms with Crippen molar-refractivity contribution in [1.29, 1.82) is 0 Å². The number of benzene rings is 1. The van der Waals surface area contributed by atoms with Crippen LogP contribution in [0.3, 0.4) is 0 Å². The lowest BCUT2D eigenvalue weighted by molar-refractivity contribution is -0.118. The highest BCUT2D eigenvalue weighted by atomic mass is 16.1. The van der Waals surface area contributed by atoms with Gasteiger partial charge in [-0.05, 0) is 24.6 Å². The fraction of sp³-hybridized carbons (Fsp3) is 0.308. The summed E-state index contributed by atoms with van der Waals surface area (Å²) < 4.78 is 0. The summed E-state index contributed by atoms with van der Waals surface area (Å²) in [6.07, 6.45) is 3.65. The predicted octanol–water partition coefficient (Wildman–Crippen LogP) is 2.34. The standard InChI is InChI=1S/C13H14N2O/c16-10-3-2-8-15(9-10)13-5-1-4-12-11(13)6-7-14-12/h1,4-7,14H,2-3,8-9H2. The maximum absolute atomic E-state index is 11.5. The van der Waals surface area contributed by atoms with E-state index in [0.717, 1.165) is 24.9 Å². The molecule has 0 bridgehead atoms. The SMILES string of the molecule is O=C1CCCN(c2cccc3[nH]ccc23)C1. The molecule has 0 unspecified atom stereocenters. The van der Waals surface area contributed by atoms with Crippen molar-refractivity contribution in [3.63, 3.8) is 0 Å². The lowest BCUT2D eigenvalue weighted by Gasteiger charge is -2.28. The number of anilines is 1. The van der Waals surface area contributed by atoms with E-state index in [9.17, 15) is 4.79 Å². The molecule has 2 heterocycles. The molecule has 1 aromatic carbocycles. The lowest BCUT2D eigenvalue weighted by Crippen LogP contribution is -2.35. The Bertz CT molecular complexity index is 529. The van der Waals surface area contributed by atoms with Crippen LogP contribution in [0.4, 0.5) is 5.69 Å². The number of nitrogens with zero attached hydrogens (tertiary/aromatic N) is 1. The van der Waals surface area contributed by atoms with E-state index in [4.69, 9.17) is 0 Å². The summed E-state index contributed by atoms with van der Waals surface area (Å²) in [4.78, 5) is 16.9. The molecule has 3 heteroatoms. The van der Waals surface area contributed by atoms with Crippen LogP contribution < -0.4 is 4.90 Å². The van der Waals surface area contributed by atoms with Gasteiger partial charge in [0.1, 0.15) is 0 Å². The number of aromatic nitrogens is 1. The van der Waals surface area contributed by atoms with E-state index in [1.807, 2.05) is 12.3 Å². The number of nitrogens with one attached hydrogen (secondary N) is 1. The van der Waals surface area contributed by atoms with Crippen molar-refractivity contribution in [3.8, 4) is 0 Å². The number of rotatable bonds is 1. The Morgan fingerprint density at radius 2 is 2.19 bits per heavy atom. The summed E-state index contributed by atoms with van der Waals surface area (Å²) in [6, 6.07) is 8.26. The van der Waals surface area contributed by atoms with E-state index in [1.54, 1.807) is 0 Å². The number of carbonyl (C=O) groups is 1. The first-order chi connectivity index (χ1) is 7.84. The molecule has 1 N–H and O–H groups in total. The smallest absolute Gasteiger partial charge is 0.152 e. The third-order valence-electron chi connectivity index (χ3n) is 3.16. The zero-order valence-electron chi connectivity index (χ0n) is 9.07. The Morgan fingerprint density at radius 1 is 1.25 bits per heavy atom. The minimum Gasteiger partial charge on any atom is -0.364 e. The summed E-state index contributed by atoms with van der Waals surface area (Å²) in [5.74, 6) is 0.346. The van der Waals surface area contributed by atoms with Gasteiger partial charge in [0.2, 0.25) is 0 Å². The van der Waals surface area contributed by atoms with Gasteiger partial charge < -0.3 is 9.88 Å². The van der Waals surface area contributed by atoms with Gasteiger partial charge in [-0.15, -0.1) is 0 Å². The topological polar surface area (TPSA) is 36.1 Å². The maximum Gasteiger partial charge on any atom is 0.152 e. The second kappa shape index (κ2) is 3.67. The normalized spacial score (nSPS) is 17.0. The molecule has 0 radical (unpaired) electrons. The van der Waals surface area contributed by atoms with E-state index in [-0.39, 0.29) is 0 Å². The lowest BCUT2D eigenvalue weighted by atomic mass is 10.1. The van der Waals surface area contributed by atoms with E-state index in [0.29, 0.717) is 12.3 Å². The Kier molecular flexibility index (Phi) is 2.17. The first kappa shape index (κ1) is 9.46. The summed E-state index contributed by atoms with van der Waals surface area (Å²) in [6.45, 7) is 1.54. The zero-order valence-corrected chi connectivity index (χ0v) is 9.07. The van der Waals surface area contributed by atoms with E-state index >= 15 is 0 Å². The van der Waals surface area contributed by atoms with Crippen LogP contribution in [-0.4, -0.2) is 23.9 Å². The van der Waals surface area contributed by atoms with Gasteiger partial charge in [-0.3, -0.25) is 4.79 Å². The monoisotopic (exact) mass is 214 g/mol. The van der Waals surface area contributed by atoms with Gasteiger partial charge >= 0.3 is 0 Å². The van der Waals surface area contributed by atoms with Gasteiger partial charge in [-0.1, -0.05) is 6.07 Å². The third-order valence-corrected chi connectivity index (χ3v) is 3.16. The minimum atomic E-state index is 0.346. The first-order valence-electron chi connectivity index (χ1n) is 5.67. The van der Waals surface area contributed by atoms with Crippen LogP contribution in [0.25, 0.3) is 10.9 Å². The Morgan fingerprint density at radius 3 is 3.06 bits per heavy atom. The molecule has 1 fully saturated rings. The third kappa shape index (κ3) is 1.48. The number of carbonyl (C=O) groups excluding carboxylic acids is 1. The van der Waals surface area contributed by atoms with Crippen LogP contribution in [0, 0.1) is 0 Å². The van der Waals surface area contributed by atoms with Gasteiger partial charge in [0.25, 0.3) is 0 Å². The average molecular weight is 214 g/mol. The van der Waals surface area contributed by atoms with Crippen molar-refractivity contribution < 1.29 is 4.79 Å². The maximum atomic E-state index is 11.5. The zero-order chi connectivity index (χ0) is 11.0. The summed E-state index contributed by atoms with van der Waals surface area (Å²) in [5.41, 5.74) is 2.31. The molecule has 0 spiro atoms. The average Bonchev–Trinajstić information content (AvgIpc) is 2.76. The molecule has 1 aliphatic heterocycles. The second-order valence-corrected chi connectivity index (χ2v) is 4.28. The van der Waals surface area contributed by atoms with Gasteiger partial charge in [-0.25, -0.2) is 0 Å². The van der Waals surface area contributed by atoms with Crippen molar-refractivity contribution in [3.05, 3.63) is 30.5 Å². The number of H-pyrrole nitrogens is 1. The van der Waals surface area contributed by atoms with Gasteiger partial charge in [0, 0.05) is 35.8 Å². The van der Waals surface area contributed by atoms with Crippen molar-refractivity contribution >= 4 is 22.4 Å². The Balaban J connectivity index is 2.04. The summed E-state index contributed by atoms with van der Waals surface area (Å²) >= 11 is 0. The van der Waals surface area contributed by atoms with E-state index in [2.05, 4.69) is 28.1 Å². The molecule has 0 atom stereocenters. The van der Waals surface area contributed by atoms with Crippen LogP contribution in [0.5, 0.6) is 0 Å². The Hall–Kier alpha value is -1.77. The predicted molar refractivity (Wildman–Crippen MR) is 64.8 cm³/mol. The molecular weight excluding hydrogens is 200 g/mol. The van der Waals surface area contributed by atoms with Crippen molar-refractivity contribution in [2.75, 3.05) is 18.0 Å². The molecule has 0 aliphatic carbocycles. The number of fused-ring (bicyclic) bond motifs is 1. The molecule has 3 rings (SSSR count). The molecule has 1 aliphatic rings. The number of aromatic amines is 1. The largest absolute Gasteiger partial charge is 0.364 e. The highest BCUT2D eigenvalue weighted by molar-refractivity contribution is 5.95. The van der Waals surface area contributed by atoms with Crippen molar-refractivity contribution in [2.45, 2.75) is 12.8 Å². The van der Waals surface area contributed by atoms with Crippen LogP contribution in [0.2, 0.25) is 0 Å². The second-order valence-electron chi connectivity index (χ2n) is 4.28. The minimum absolute atomic E-state index is 0.346. The van der Waals surface area contributed by atoms with Crippen LogP contribution >= 0.6 is 0 Å². The van der Waals surface area contributed by atoms with Crippen LogP contribution in [-0.2, 0) is 4.79 Å². The summed E-state index contributed by atoms with van der Waals surface area (Å²) in [7, 11) is 0. The number of Topliss-reactive ketones (excluding diaryl/α,β-unsaturated/α-hetero) is 1. The van der Waals surface area contributed by atoms with E-state index in [1.165, 1.54) is 11.1 Å². The van der Waals surface area contributed by atoms with Gasteiger partial charge in [-0.2, -0.15) is 0 Å². The van der Waals surface area contributed by atoms with Crippen molar-refractivity contribution in [1.82, 2.24) is 4.98 Å². The summed E-state index contributed by atoms with van der Waals surface area (Å²) in [5, 5.41) is 1.21. The molecule has 3 nitrogen and oxygen atoms in total. The van der Waals surface area contributed by atoms with E-state index < -0.39 is 0 Å². The molecule has 1 saturated heterocycles. The highest BCUT2D eigenvalue weighted by Crippen LogP contribution is 2.27. The number of hydrogen-bond acceptors (Lipinski definition) is 2. The number of ketones is 1. The number of hydrogen-bond donors (Lipinski definition) is 1. The molecule has 0 saturated carbocycles. The molecule has 16 heavy (non-hydrogen) atoms. The molecular formula is C13H14N2O. The van der Waals surface area contributed by atoms with Crippen LogP contribution in [0.1, 0.15) is 12.8 Å². The molecule has 1 aromatic heterocycles. The fourth-order valence-electron chi connectivity index (χ4n) is 2.39. The molecule has 2 aromatic rings.